The molecule has 0 unspecified atom stereocenters. The molecule has 0 saturated carbocycles. The molecule has 0 spiro atoms. The number of halogens is 3. The van der Waals surface area contributed by atoms with E-state index >= 15 is 0 Å². The van der Waals surface area contributed by atoms with Crippen molar-refractivity contribution in [2.45, 2.75) is 32.2 Å². The molecule has 8 nitrogen and oxygen atoms in total. The average Bonchev–Trinajstić information content (AvgIpc) is 3.11. The van der Waals surface area contributed by atoms with E-state index in [2.05, 4.69) is 4.90 Å². The molecule has 2 saturated heterocycles. The van der Waals surface area contributed by atoms with Crippen LogP contribution in [0.3, 0.4) is 0 Å². The van der Waals surface area contributed by atoms with E-state index in [0.717, 1.165) is 6.07 Å². The van der Waals surface area contributed by atoms with E-state index in [1.807, 2.05) is 4.90 Å². The molecule has 0 bridgehead atoms. The molecule has 4 heterocycles. The standard InChI is InChI=1S/C23H27F3N6O2/c1-14-15(3-2-4-17(14)23(24,25)26)9-20-19(13-30-11-16(33)12-30)28-22-18(27)10-21(29-32(20)22)31-5-7-34-8-6-31/h2-4,10,16,33H,5-9,11-13,27H2,1H3. The summed E-state index contributed by atoms with van der Waals surface area (Å²) < 4.78 is 47.7. The number of rotatable bonds is 5. The molecule has 3 N–H and O–H groups in total. The van der Waals surface area contributed by atoms with E-state index in [1.165, 1.54) is 13.0 Å². The molecule has 11 heteroatoms. The summed E-state index contributed by atoms with van der Waals surface area (Å²) in [6.45, 7) is 5.52. The van der Waals surface area contributed by atoms with Crippen LogP contribution in [0.5, 0.6) is 0 Å². The van der Waals surface area contributed by atoms with Crippen LogP contribution in [0.25, 0.3) is 5.65 Å². The van der Waals surface area contributed by atoms with Crippen molar-refractivity contribution in [2.24, 2.45) is 0 Å². The van der Waals surface area contributed by atoms with Gasteiger partial charge in [-0.05, 0) is 24.1 Å². The first-order valence-electron chi connectivity index (χ1n) is 11.3. The molecular weight excluding hydrogens is 449 g/mol. The molecule has 0 radical (unpaired) electrons. The summed E-state index contributed by atoms with van der Waals surface area (Å²) in [5.74, 6) is 0.679. The highest BCUT2D eigenvalue weighted by Crippen LogP contribution is 2.34. The highest BCUT2D eigenvalue weighted by Gasteiger charge is 2.33. The second-order valence-corrected chi connectivity index (χ2v) is 8.91. The van der Waals surface area contributed by atoms with Crippen molar-refractivity contribution in [1.82, 2.24) is 19.5 Å². The number of nitrogen functional groups attached to an aromatic ring is 1. The fourth-order valence-electron chi connectivity index (χ4n) is 4.62. The summed E-state index contributed by atoms with van der Waals surface area (Å²) in [6.07, 6.45) is -4.58. The third-order valence-corrected chi connectivity index (χ3v) is 6.53. The van der Waals surface area contributed by atoms with Gasteiger partial charge >= 0.3 is 6.18 Å². The Kier molecular flexibility index (Phi) is 5.86. The maximum atomic E-state index is 13.5. The van der Waals surface area contributed by atoms with Gasteiger partial charge in [-0.1, -0.05) is 12.1 Å². The number of ether oxygens (including phenoxy) is 1. The number of nitrogens with zero attached hydrogens (tertiary/aromatic N) is 5. The second kappa shape index (κ2) is 8.71. The molecule has 34 heavy (non-hydrogen) atoms. The number of β-amino-alcohol motifs (C(OH)–C–C–N with tert-alkyl or cyclic N) is 1. The van der Waals surface area contributed by atoms with Crippen LogP contribution in [0.15, 0.2) is 24.3 Å². The second-order valence-electron chi connectivity index (χ2n) is 8.91. The average molecular weight is 477 g/mol. The minimum Gasteiger partial charge on any atom is -0.396 e. The number of hydrogen-bond donors (Lipinski definition) is 2. The Morgan fingerprint density at radius 3 is 2.62 bits per heavy atom. The number of anilines is 2. The van der Waals surface area contributed by atoms with E-state index < -0.39 is 11.7 Å². The predicted octanol–water partition coefficient (Wildman–Crippen LogP) is 2.24. The van der Waals surface area contributed by atoms with Crippen LogP contribution < -0.4 is 10.6 Å². The van der Waals surface area contributed by atoms with E-state index in [0.29, 0.717) is 80.0 Å². The first-order valence-corrected chi connectivity index (χ1v) is 11.3. The molecule has 2 fully saturated rings. The van der Waals surface area contributed by atoms with Crippen LogP contribution in [0.4, 0.5) is 24.7 Å². The summed E-state index contributed by atoms with van der Waals surface area (Å²) in [4.78, 5) is 8.84. The van der Waals surface area contributed by atoms with Crippen molar-refractivity contribution >= 4 is 17.2 Å². The maximum Gasteiger partial charge on any atom is 0.416 e. The molecule has 3 aromatic rings. The molecule has 0 aliphatic carbocycles. The largest absolute Gasteiger partial charge is 0.416 e. The number of aromatic nitrogens is 3. The van der Waals surface area contributed by atoms with Crippen molar-refractivity contribution in [3.8, 4) is 0 Å². The number of nitrogens with two attached hydrogens (primary N) is 1. The minimum atomic E-state index is -4.43. The Balaban J connectivity index is 1.59. The van der Waals surface area contributed by atoms with Crippen molar-refractivity contribution in [3.05, 3.63) is 52.3 Å². The zero-order valence-electron chi connectivity index (χ0n) is 18.8. The maximum absolute atomic E-state index is 13.5. The van der Waals surface area contributed by atoms with Gasteiger partial charge in [0, 0.05) is 45.2 Å². The first-order chi connectivity index (χ1) is 16.2. The fraction of sp³-hybridized carbons (Fsp3) is 0.478. The Labute approximate surface area is 194 Å². The Morgan fingerprint density at radius 2 is 1.94 bits per heavy atom. The lowest BCUT2D eigenvalue weighted by atomic mass is 9.97. The smallest absolute Gasteiger partial charge is 0.396 e. The monoisotopic (exact) mass is 476 g/mol. The number of morpholine rings is 1. The number of alkyl halides is 3. The van der Waals surface area contributed by atoms with Crippen molar-refractivity contribution < 1.29 is 23.0 Å². The summed E-state index contributed by atoms with van der Waals surface area (Å²) in [6, 6.07) is 6.02. The Hall–Kier alpha value is -2.89. The number of aliphatic hydroxyl groups excluding tert-OH is 1. The molecule has 1 aromatic carbocycles. The number of likely N-dealkylation sites (tertiary alicyclic amines) is 1. The number of aliphatic hydroxyl groups is 1. The molecule has 2 aliphatic rings. The van der Waals surface area contributed by atoms with E-state index in [1.54, 1.807) is 16.6 Å². The van der Waals surface area contributed by atoms with E-state index in [-0.39, 0.29) is 18.1 Å². The van der Waals surface area contributed by atoms with Crippen LogP contribution in [-0.4, -0.2) is 70.1 Å². The number of imidazole rings is 1. The van der Waals surface area contributed by atoms with Gasteiger partial charge in [-0.2, -0.15) is 13.2 Å². The highest BCUT2D eigenvalue weighted by atomic mass is 19.4. The van der Waals surface area contributed by atoms with Crippen molar-refractivity contribution in [3.63, 3.8) is 0 Å². The molecule has 182 valence electrons. The predicted molar refractivity (Wildman–Crippen MR) is 121 cm³/mol. The van der Waals surface area contributed by atoms with Gasteiger partial charge in [-0.3, -0.25) is 4.90 Å². The lowest BCUT2D eigenvalue weighted by Crippen LogP contribution is -2.50. The van der Waals surface area contributed by atoms with E-state index in [9.17, 15) is 18.3 Å². The number of benzene rings is 1. The van der Waals surface area contributed by atoms with Crippen LogP contribution in [0, 0.1) is 6.92 Å². The van der Waals surface area contributed by atoms with Gasteiger partial charge in [0.2, 0.25) is 0 Å². The van der Waals surface area contributed by atoms with E-state index in [4.69, 9.17) is 20.6 Å². The molecule has 2 aliphatic heterocycles. The highest BCUT2D eigenvalue weighted by molar-refractivity contribution is 5.69. The normalized spacial score (nSPS) is 18.0. The van der Waals surface area contributed by atoms with Crippen molar-refractivity contribution in [2.75, 3.05) is 50.0 Å². The SMILES string of the molecule is Cc1c(Cc2c(CN3CC(O)C3)nc3c(N)cc(N4CCOCC4)nn23)cccc1C(F)(F)F. The number of fused-ring (bicyclic) bond motifs is 1. The zero-order chi connectivity index (χ0) is 24.0. The third-order valence-electron chi connectivity index (χ3n) is 6.53. The molecule has 2 aromatic heterocycles. The van der Waals surface area contributed by atoms with Gasteiger partial charge in [0.05, 0.1) is 42.0 Å². The third kappa shape index (κ3) is 4.30. The quantitative estimate of drug-likeness (QED) is 0.584. The van der Waals surface area contributed by atoms with Gasteiger partial charge in [0.1, 0.15) is 0 Å². The number of hydrogen-bond acceptors (Lipinski definition) is 7. The fourth-order valence-corrected chi connectivity index (χ4v) is 4.62. The lowest BCUT2D eigenvalue weighted by molar-refractivity contribution is -0.138. The van der Waals surface area contributed by atoms with Crippen LogP contribution in [0.2, 0.25) is 0 Å². The van der Waals surface area contributed by atoms with Crippen LogP contribution in [0.1, 0.15) is 28.1 Å². The van der Waals surface area contributed by atoms with Gasteiger partial charge in [0.25, 0.3) is 0 Å². The zero-order valence-corrected chi connectivity index (χ0v) is 18.8. The van der Waals surface area contributed by atoms with Crippen LogP contribution >= 0.6 is 0 Å². The summed E-state index contributed by atoms with van der Waals surface area (Å²) in [5, 5.41) is 14.5. The first kappa shape index (κ1) is 22.9. The van der Waals surface area contributed by atoms with Crippen LogP contribution in [-0.2, 0) is 23.9 Å². The topological polar surface area (TPSA) is 92.1 Å². The molecule has 0 amide bonds. The summed E-state index contributed by atoms with van der Waals surface area (Å²) in [5.41, 5.74) is 8.79. The lowest BCUT2D eigenvalue weighted by Gasteiger charge is -2.35. The van der Waals surface area contributed by atoms with Crippen molar-refractivity contribution in [1.29, 1.82) is 0 Å². The Morgan fingerprint density at radius 1 is 1.21 bits per heavy atom. The molecule has 0 atom stereocenters. The molecular formula is C23H27F3N6O2. The van der Waals surface area contributed by atoms with Gasteiger partial charge in [0.15, 0.2) is 11.5 Å². The minimum absolute atomic E-state index is 0.188. The van der Waals surface area contributed by atoms with Gasteiger partial charge in [-0.25, -0.2) is 9.50 Å². The van der Waals surface area contributed by atoms with Gasteiger partial charge < -0.3 is 20.5 Å². The van der Waals surface area contributed by atoms with Gasteiger partial charge in [-0.15, -0.1) is 5.10 Å². The molecule has 5 rings (SSSR count). The summed E-state index contributed by atoms with van der Waals surface area (Å²) >= 11 is 0. The summed E-state index contributed by atoms with van der Waals surface area (Å²) in [7, 11) is 0. The Bertz CT molecular complexity index is 1200.